The number of fused-ring (bicyclic) bond motifs is 1. The van der Waals surface area contributed by atoms with Gasteiger partial charge in [-0.3, -0.25) is 0 Å². The van der Waals surface area contributed by atoms with Crippen LogP contribution in [-0.4, -0.2) is 16.3 Å². The van der Waals surface area contributed by atoms with Crippen LogP contribution in [-0.2, 0) is 0 Å². The van der Waals surface area contributed by atoms with E-state index in [2.05, 4.69) is 20.0 Å². The molecular weight excluding hydrogens is 363 g/mol. The molecular formula is C15H11ClF3N3OS. The van der Waals surface area contributed by atoms with Crippen LogP contribution in [0.3, 0.4) is 0 Å². The third-order valence-corrected chi connectivity index (χ3v) is 4.61. The summed E-state index contributed by atoms with van der Waals surface area (Å²) in [6, 6.07) is 5.47. The molecule has 3 rings (SSSR count). The second kappa shape index (κ2) is 6.45. The van der Waals surface area contributed by atoms with Crippen LogP contribution in [0.2, 0.25) is 5.02 Å². The summed E-state index contributed by atoms with van der Waals surface area (Å²) >= 11 is 7.57. The first-order chi connectivity index (χ1) is 11.3. The number of benzene rings is 1. The first kappa shape index (κ1) is 16.8. The zero-order chi connectivity index (χ0) is 17.3. The van der Waals surface area contributed by atoms with Gasteiger partial charge in [0.2, 0.25) is 0 Å². The highest BCUT2D eigenvalue weighted by atomic mass is 35.5. The zero-order valence-electron chi connectivity index (χ0n) is 12.3. The van der Waals surface area contributed by atoms with Crippen molar-refractivity contribution in [2.45, 2.75) is 19.3 Å². The van der Waals surface area contributed by atoms with Gasteiger partial charge >= 0.3 is 6.36 Å². The highest BCUT2D eigenvalue weighted by molar-refractivity contribution is 7.17. The predicted octanol–water partition coefficient (Wildman–Crippen LogP) is 5.42. The van der Waals surface area contributed by atoms with Crippen LogP contribution in [0.25, 0.3) is 10.2 Å². The van der Waals surface area contributed by atoms with Crippen LogP contribution in [0.15, 0.2) is 36.0 Å². The van der Waals surface area contributed by atoms with Gasteiger partial charge in [0.05, 0.1) is 10.4 Å². The van der Waals surface area contributed by atoms with Gasteiger partial charge in [-0.15, -0.1) is 24.5 Å². The molecule has 126 valence electrons. The molecule has 2 heterocycles. The quantitative estimate of drug-likeness (QED) is 0.663. The summed E-state index contributed by atoms with van der Waals surface area (Å²) in [6.45, 7) is 1.87. The van der Waals surface area contributed by atoms with Crippen LogP contribution in [0.1, 0.15) is 18.5 Å². The minimum Gasteiger partial charge on any atom is -0.406 e. The normalized spacial score (nSPS) is 13.0. The van der Waals surface area contributed by atoms with Gasteiger partial charge in [0.25, 0.3) is 0 Å². The molecule has 0 fully saturated rings. The molecule has 2 aromatic heterocycles. The van der Waals surface area contributed by atoms with Crippen molar-refractivity contribution in [3.8, 4) is 5.75 Å². The average molecular weight is 374 g/mol. The molecule has 0 unspecified atom stereocenters. The molecule has 1 aromatic carbocycles. The monoisotopic (exact) mass is 373 g/mol. The van der Waals surface area contributed by atoms with E-state index in [1.165, 1.54) is 29.8 Å². The second-order valence-corrected chi connectivity index (χ2v) is 6.23. The van der Waals surface area contributed by atoms with Gasteiger partial charge in [0, 0.05) is 11.4 Å². The summed E-state index contributed by atoms with van der Waals surface area (Å²) in [4.78, 5) is 9.11. The minimum atomic E-state index is -4.70. The number of aromatic nitrogens is 2. The van der Waals surface area contributed by atoms with Crippen molar-refractivity contribution in [3.63, 3.8) is 0 Å². The summed E-state index contributed by atoms with van der Waals surface area (Å²) in [5.74, 6) is 0.318. The molecule has 4 nitrogen and oxygen atoms in total. The Morgan fingerprint density at radius 2 is 1.92 bits per heavy atom. The number of nitrogens with one attached hydrogen (secondary N) is 1. The molecule has 0 saturated carbocycles. The number of hydrogen-bond donors (Lipinski definition) is 1. The van der Waals surface area contributed by atoms with E-state index in [-0.39, 0.29) is 11.8 Å². The van der Waals surface area contributed by atoms with Gasteiger partial charge in [-0.1, -0.05) is 23.7 Å². The fourth-order valence-electron chi connectivity index (χ4n) is 2.20. The maximum Gasteiger partial charge on any atom is 0.573 e. The zero-order valence-corrected chi connectivity index (χ0v) is 13.8. The fourth-order valence-corrected chi connectivity index (χ4v) is 3.33. The Kier molecular flexibility index (Phi) is 4.51. The van der Waals surface area contributed by atoms with Crippen molar-refractivity contribution in [1.82, 2.24) is 9.97 Å². The SMILES string of the molecule is C[C@H](Nc1ncnc2scc(Cl)c12)c1ccc(OC(F)(F)F)cc1. The Morgan fingerprint density at radius 3 is 2.58 bits per heavy atom. The first-order valence-corrected chi connectivity index (χ1v) is 8.09. The Bertz CT molecular complexity index is 851. The molecule has 0 spiro atoms. The Balaban J connectivity index is 1.79. The smallest absolute Gasteiger partial charge is 0.406 e. The second-order valence-electron chi connectivity index (χ2n) is 4.97. The molecule has 3 aromatic rings. The van der Waals surface area contributed by atoms with Crippen molar-refractivity contribution in [2.24, 2.45) is 0 Å². The van der Waals surface area contributed by atoms with E-state index in [1.807, 2.05) is 6.92 Å². The van der Waals surface area contributed by atoms with E-state index in [0.29, 0.717) is 10.8 Å². The third kappa shape index (κ3) is 3.70. The van der Waals surface area contributed by atoms with Crippen molar-refractivity contribution >= 4 is 39.0 Å². The molecule has 0 aliphatic rings. The highest BCUT2D eigenvalue weighted by Crippen LogP contribution is 2.34. The average Bonchev–Trinajstić information content (AvgIpc) is 2.89. The predicted molar refractivity (Wildman–Crippen MR) is 87.6 cm³/mol. The van der Waals surface area contributed by atoms with E-state index in [1.54, 1.807) is 17.5 Å². The lowest BCUT2D eigenvalue weighted by atomic mass is 10.1. The maximum atomic E-state index is 12.2. The van der Waals surface area contributed by atoms with Crippen LogP contribution in [0.4, 0.5) is 19.0 Å². The molecule has 0 bridgehead atoms. The number of anilines is 1. The van der Waals surface area contributed by atoms with Crippen molar-refractivity contribution in [1.29, 1.82) is 0 Å². The van der Waals surface area contributed by atoms with E-state index >= 15 is 0 Å². The van der Waals surface area contributed by atoms with Crippen LogP contribution < -0.4 is 10.1 Å². The lowest BCUT2D eigenvalue weighted by Gasteiger charge is -2.16. The topological polar surface area (TPSA) is 47.0 Å². The van der Waals surface area contributed by atoms with E-state index in [4.69, 9.17) is 11.6 Å². The Morgan fingerprint density at radius 1 is 1.21 bits per heavy atom. The van der Waals surface area contributed by atoms with Crippen molar-refractivity contribution in [3.05, 3.63) is 46.6 Å². The Labute approximate surface area is 144 Å². The number of nitrogens with zero attached hydrogens (tertiary/aromatic N) is 2. The molecule has 1 N–H and O–H groups in total. The fraction of sp³-hybridized carbons (Fsp3) is 0.200. The summed E-state index contributed by atoms with van der Waals surface area (Å²) in [5, 5.41) is 6.27. The summed E-state index contributed by atoms with van der Waals surface area (Å²) in [6.07, 6.45) is -3.27. The van der Waals surface area contributed by atoms with Gasteiger partial charge in [0.15, 0.2) is 0 Å². The first-order valence-electron chi connectivity index (χ1n) is 6.83. The van der Waals surface area contributed by atoms with Gasteiger partial charge in [-0.2, -0.15) is 0 Å². The van der Waals surface area contributed by atoms with Gasteiger partial charge in [-0.25, -0.2) is 9.97 Å². The van der Waals surface area contributed by atoms with Gasteiger partial charge < -0.3 is 10.1 Å². The van der Waals surface area contributed by atoms with Gasteiger partial charge in [0.1, 0.15) is 22.7 Å². The third-order valence-electron chi connectivity index (χ3n) is 3.29. The number of hydrogen-bond acceptors (Lipinski definition) is 5. The number of rotatable bonds is 4. The number of ether oxygens (including phenoxy) is 1. The lowest BCUT2D eigenvalue weighted by molar-refractivity contribution is -0.274. The van der Waals surface area contributed by atoms with E-state index in [9.17, 15) is 13.2 Å². The molecule has 1 atom stereocenters. The van der Waals surface area contributed by atoms with Crippen LogP contribution in [0, 0.1) is 0 Å². The molecule has 24 heavy (non-hydrogen) atoms. The van der Waals surface area contributed by atoms with Gasteiger partial charge in [-0.05, 0) is 24.6 Å². The minimum absolute atomic E-state index is 0.195. The number of alkyl halides is 3. The largest absolute Gasteiger partial charge is 0.573 e. The molecule has 0 saturated heterocycles. The molecule has 0 aliphatic carbocycles. The van der Waals surface area contributed by atoms with Crippen molar-refractivity contribution in [2.75, 3.05) is 5.32 Å². The molecule has 0 radical (unpaired) electrons. The van der Waals surface area contributed by atoms with E-state index in [0.717, 1.165) is 15.8 Å². The standard InChI is InChI=1S/C15H11ClF3N3OS/c1-8(9-2-4-10(5-3-9)23-15(17,18)19)22-13-12-11(16)6-24-14(12)21-7-20-13/h2-8H,1H3,(H,20,21,22)/t8-/m0/s1. The number of thiophene rings is 1. The van der Waals surface area contributed by atoms with E-state index < -0.39 is 6.36 Å². The lowest BCUT2D eigenvalue weighted by Crippen LogP contribution is -2.17. The summed E-state index contributed by atoms with van der Waals surface area (Å²) in [7, 11) is 0. The van der Waals surface area contributed by atoms with Crippen LogP contribution >= 0.6 is 22.9 Å². The van der Waals surface area contributed by atoms with Crippen molar-refractivity contribution < 1.29 is 17.9 Å². The summed E-state index contributed by atoms with van der Waals surface area (Å²) < 4.78 is 40.4. The maximum absolute atomic E-state index is 12.2. The molecule has 0 amide bonds. The summed E-state index contributed by atoms with van der Waals surface area (Å²) in [5.41, 5.74) is 0.780. The van der Waals surface area contributed by atoms with Crippen LogP contribution in [0.5, 0.6) is 5.75 Å². The number of halogens is 4. The Hall–Kier alpha value is -2.06. The molecule has 9 heteroatoms. The highest BCUT2D eigenvalue weighted by Gasteiger charge is 2.31. The molecule has 0 aliphatic heterocycles.